The number of amides is 1. The van der Waals surface area contributed by atoms with E-state index < -0.39 is 11.0 Å². The molecule has 6 heteroatoms. The summed E-state index contributed by atoms with van der Waals surface area (Å²) >= 11 is 0. The number of fused-ring (bicyclic) bond motifs is 3. The molecule has 6 nitrogen and oxygen atoms in total. The van der Waals surface area contributed by atoms with Gasteiger partial charge < -0.3 is 14.2 Å². The lowest BCUT2D eigenvalue weighted by Gasteiger charge is -2.26. The van der Waals surface area contributed by atoms with Crippen molar-refractivity contribution in [2.75, 3.05) is 13.1 Å². The first-order valence-corrected chi connectivity index (χ1v) is 12.1. The average Bonchev–Trinajstić information content (AvgIpc) is 3.35. The van der Waals surface area contributed by atoms with Crippen LogP contribution in [0.1, 0.15) is 40.7 Å². The van der Waals surface area contributed by atoms with Crippen LogP contribution in [0.4, 0.5) is 0 Å². The van der Waals surface area contributed by atoms with E-state index in [0.717, 1.165) is 35.2 Å². The minimum atomic E-state index is -0.711. The van der Waals surface area contributed by atoms with E-state index in [1.807, 2.05) is 48.5 Å². The van der Waals surface area contributed by atoms with E-state index in [1.54, 1.807) is 0 Å². The minimum absolute atomic E-state index is 0.120. The van der Waals surface area contributed by atoms with E-state index in [4.69, 9.17) is 9.72 Å². The molecule has 1 spiro atoms. The highest BCUT2D eigenvalue weighted by Crippen LogP contribution is 2.52. The maximum absolute atomic E-state index is 13.7. The molecular formula is C29H25N3O3. The van der Waals surface area contributed by atoms with Crippen molar-refractivity contribution in [1.82, 2.24) is 14.5 Å². The zero-order valence-electron chi connectivity index (χ0n) is 19.5. The number of hydrogen-bond donors (Lipinski definition) is 0. The number of carbonyl (C=O) groups is 2. The van der Waals surface area contributed by atoms with Crippen LogP contribution in [0.25, 0.3) is 22.2 Å². The van der Waals surface area contributed by atoms with Crippen molar-refractivity contribution in [3.8, 4) is 11.3 Å². The summed E-state index contributed by atoms with van der Waals surface area (Å²) in [5, 5.41) is 1.18. The highest BCUT2D eigenvalue weighted by atomic mass is 16.6. The average molecular weight is 464 g/mol. The summed E-state index contributed by atoms with van der Waals surface area (Å²) in [6.07, 6.45) is 6.20. The molecule has 35 heavy (non-hydrogen) atoms. The summed E-state index contributed by atoms with van der Waals surface area (Å²) < 4.78 is 7.95. The summed E-state index contributed by atoms with van der Waals surface area (Å²) in [6.45, 7) is 1.00. The molecule has 1 saturated heterocycles. The van der Waals surface area contributed by atoms with Gasteiger partial charge in [0.2, 0.25) is 5.91 Å². The van der Waals surface area contributed by atoms with Crippen LogP contribution in [0.2, 0.25) is 0 Å². The van der Waals surface area contributed by atoms with Crippen molar-refractivity contribution in [2.24, 2.45) is 7.05 Å². The van der Waals surface area contributed by atoms with Gasteiger partial charge in [-0.15, -0.1) is 0 Å². The highest BCUT2D eigenvalue weighted by Gasteiger charge is 2.57. The summed E-state index contributed by atoms with van der Waals surface area (Å²) in [4.78, 5) is 32.8. The lowest BCUT2D eigenvalue weighted by molar-refractivity contribution is -0.134. The SMILES string of the molecule is Cn1ccc2cc(-c3ccc(C4(C(=O)N5CCC6(C5)OC(=O)c5ccccc56)CC4)cn3)ccc21. The van der Waals surface area contributed by atoms with Crippen LogP contribution in [-0.2, 0) is 27.6 Å². The number of ether oxygens (including phenoxy) is 1. The van der Waals surface area contributed by atoms with Crippen molar-refractivity contribution < 1.29 is 14.3 Å². The Labute approximate surface area is 203 Å². The van der Waals surface area contributed by atoms with Gasteiger partial charge in [0.15, 0.2) is 5.60 Å². The van der Waals surface area contributed by atoms with Crippen LogP contribution in [0.5, 0.6) is 0 Å². The Bertz CT molecular complexity index is 1520. The van der Waals surface area contributed by atoms with Gasteiger partial charge in [0, 0.05) is 54.4 Å². The number of esters is 1. The number of benzene rings is 2. The van der Waals surface area contributed by atoms with E-state index in [-0.39, 0.29) is 11.9 Å². The zero-order valence-corrected chi connectivity index (χ0v) is 19.5. The largest absolute Gasteiger partial charge is 0.449 e. The Morgan fingerprint density at radius 3 is 2.69 bits per heavy atom. The summed E-state index contributed by atoms with van der Waals surface area (Å²) in [5.74, 6) is -0.167. The van der Waals surface area contributed by atoms with Crippen LogP contribution in [0, 0.1) is 0 Å². The van der Waals surface area contributed by atoms with Crippen molar-refractivity contribution in [3.63, 3.8) is 0 Å². The first-order chi connectivity index (χ1) is 17.0. The third-order valence-electron chi connectivity index (χ3n) is 8.10. The van der Waals surface area contributed by atoms with Crippen LogP contribution >= 0.6 is 0 Å². The minimum Gasteiger partial charge on any atom is -0.449 e. The zero-order chi connectivity index (χ0) is 23.8. The fourth-order valence-corrected chi connectivity index (χ4v) is 5.95. The molecule has 0 bridgehead atoms. The Morgan fingerprint density at radius 1 is 1.03 bits per heavy atom. The normalized spacial score (nSPS) is 22.0. The molecule has 4 aromatic rings. The lowest BCUT2D eigenvalue weighted by atomic mass is 9.91. The van der Waals surface area contributed by atoms with Crippen molar-refractivity contribution >= 4 is 22.8 Å². The Morgan fingerprint density at radius 2 is 1.89 bits per heavy atom. The molecule has 4 heterocycles. The number of hydrogen-bond acceptors (Lipinski definition) is 4. The Hall–Kier alpha value is -3.93. The molecule has 1 atom stereocenters. The lowest BCUT2D eigenvalue weighted by Crippen LogP contribution is -2.40. The second-order valence-corrected chi connectivity index (χ2v) is 10.1. The number of rotatable bonds is 3. The number of aryl methyl sites for hydroxylation is 1. The molecule has 1 unspecified atom stereocenters. The fourth-order valence-electron chi connectivity index (χ4n) is 5.95. The van der Waals surface area contributed by atoms with E-state index in [0.29, 0.717) is 25.1 Å². The maximum atomic E-state index is 13.7. The van der Waals surface area contributed by atoms with Gasteiger partial charge >= 0.3 is 5.97 Å². The van der Waals surface area contributed by atoms with Gasteiger partial charge in [-0.05, 0) is 48.7 Å². The Kier molecular flexibility index (Phi) is 4.11. The van der Waals surface area contributed by atoms with Gasteiger partial charge in [0.05, 0.1) is 23.2 Å². The van der Waals surface area contributed by atoms with E-state index in [2.05, 4.69) is 41.1 Å². The molecule has 3 aliphatic rings. The standard InChI is InChI=1S/C29H25N3O3/c1-31-14-10-20-16-19(6-9-25(20)31)24-8-7-21(17-30-24)28(11-12-28)27(34)32-15-13-29(18-32)23-5-3-2-4-22(23)26(33)35-29/h2-10,14,16-17H,11-13,15,18H2,1H3. The molecule has 2 fully saturated rings. The second kappa shape index (κ2) is 7.04. The number of aromatic nitrogens is 2. The predicted octanol–water partition coefficient (Wildman–Crippen LogP) is 4.57. The maximum Gasteiger partial charge on any atom is 0.339 e. The van der Waals surface area contributed by atoms with Crippen molar-refractivity contribution in [1.29, 1.82) is 0 Å². The quantitative estimate of drug-likeness (QED) is 0.418. The van der Waals surface area contributed by atoms with Gasteiger partial charge in [-0.2, -0.15) is 0 Å². The van der Waals surface area contributed by atoms with Gasteiger partial charge in [-0.3, -0.25) is 9.78 Å². The number of pyridine rings is 1. The molecular weight excluding hydrogens is 438 g/mol. The van der Waals surface area contributed by atoms with E-state index in [9.17, 15) is 9.59 Å². The monoisotopic (exact) mass is 463 g/mol. The van der Waals surface area contributed by atoms with E-state index in [1.165, 1.54) is 10.9 Å². The summed E-state index contributed by atoms with van der Waals surface area (Å²) in [5.41, 5.74) is 4.43. The number of carbonyl (C=O) groups excluding carboxylic acids is 2. The van der Waals surface area contributed by atoms with Crippen molar-refractivity contribution in [3.05, 3.63) is 89.7 Å². The number of nitrogens with zero attached hydrogens (tertiary/aromatic N) is 3. The van der Waals surface area contributed by atoms with Crippen LogP contribution in [0.3, 0.4) is 0 Å². The van der Waals surface area contributed by atoms with Gasteiger partial charge in [0.25, 0.3) is 0 Å². The third kappa shape index (κ3) is 2.92. The Balaban J connectivity index is 1.14. The molecule has 0 radical (unpaired) electrons. The molecule has 2 aromatic heterocycles. The molecule has 7 rings (SSSR count). The first kappa shape index (κ1) is 20.4. The second-order valence-electron chi connectivity index (χ2n) is 10.1. The predicted molar refractivity (Wildman–Crippen MR) is 132 cm³/mol. The third-order valence-corrected chi connectivity index (χ3v) is 8.10. The van der Waals surface area contributed by atoms with Crippen LogP contribution < -0.4 is 0 Å². The molecule has 0 N–H and O–H groups in total. The van der Waals surface area contributed by atoms with Gasteiger partial charge in [-0.1, -0.05) is 30.3 Å². The molecule has 1 amide bonds. The molecule has 174 valence electrons. The van der Waals surface area contributed by atoms with Gasteiger partial charge in [-0.25, -0.2) is 4.79 Å². The van der Waals surface area contributed by atoms with E-state index >= 15 is 0 Å². The van der Waals surface area contributed by atoms with Gasteiger partial charge in [0.1, 0.15) is 0 Å². The molecule has 2 aliphatic heterocycles. The molecule has 1 saturated carbocycles. The smallest absolute Gasteiger partial charge is 0.339 e. The summed E-state index contributed by atoms with van der Waals surface area (Å²) in [6, 6.07) is 20.1. The summed E-state index contributed by atoms with van der Waals surface area (Å²) in [7, 11) is 2.04. The van der Waals surface area contributed by atoms with Crippen LogP contribution in [-0.4, -0.2) is 39.4 Å². The molecule has 2 aromatic carbocycles. The number of likely N-dealkylation sites (tertiary alicyclic amines) is 1. The van der Waals surface area contributed by atoms with Crippen LogP contribution in [0.15, 0.2) is 73.1 Å². The molecule has 1 aliphatic carbocycles. The topological polar surface area (TPSA) is 64.4 Å². The first-order valence-electron chi connectivity index (χ1n) is 12.1. The highest BCUT2D eigenvalue weighted by molar-refractivity contribution is 5.96. The van der Waals surface area contributed by atoms with Crippen molar-refractivity contribution in [2.45, 2.75) is 30.3 Å². The fraction of sp³-hybridized carbons (Fsp3) is 0.276.